The van der Waals surface area contributed by atoms with Crippen LogP contribution in [0.2, 0.25) is 10.3 Å². The third-order valence-corrected chi connectivity index (χ3v) is 10.1. The Labute approximate surface area is 365 Å². The second-order valence-corrected chi connectivity index (χ2v) is 15.0. The van der Waals surface area contributed by atoms with Gasteiger partial charge in [0.25, 0.3) is 0 Å². The van der Waals surface area contributed by atoms with Gasteiger partial charge in [0.05, 0.1) is 17.9 Å². The lowest BCUT2D eigenvalue weighted by atomic mass is 10.2. The molecule has 12 nitrogen and oxygen atoms in total. The zero-order valence-corrected chi connectivity index (χ0v) is 35.1. The minimum Gasteiger partial charge on any atom is -0.406 e. The summed E-state index contributed by atoms with van der Waals surface area (Å²) in [6, 6.07) is 18.2. The van der Waals surface area contributed by atoms with Crippen LogP contribution in [0.5, 0.6) is 11.5 Å². The maximum Gasteiger partial charge on any atom is 0.573 e. The van der Waals surface area contributed by atoms with Crippen LogP contribution in [-0.2, 0) is 12.4 Å². The van der Waals surface area contributed by atoms with Crippen LogP contribution in [0.4, 0.5) is 26.3 Å². The molecular formula is C38H27Cl3F6N10O2S2. The van der Waals surface area contributed by atoms with Crippen molar-refractivity contribution < 1.29 is 35.8 Å². The lowest BCUT2D eigenvalue weighted by molar-refractivity contribution is -0.275. The van der Waals surface area contributed by atoms with Crippen molar-refractivity contribution in [2.75, 3.05) is 0 Å². The predicted octanol–water partition coefficient (Wildman–Crippen LogP) is 11.6. The van der Waals surface area contributed by atoms with Gasteiger partial charge in [-0.15, -0.1) is 65.7 Å². The fourth-order valence-electron chi connectivity index (χ4n) is 5.01. The Balaban J connectivity index is 0.000000175. The van der Waals surface area contributed by atoms with Gasteiger partial charge in [0, 0.05) is 40.2 Å². The number of aromatic nitrogens is 10. The van der Waals surface area contributed by atoms with Gasteiger partial charge in [-0.05, 0) is 97.8 Å². The summed E-state index contributed by atoms with van der Waals surface area (Å²) in [5, 5.41) is 17.0. The fourth-order valence-corrected chi connectivity index (χ4v) is 7.09. The molecule has 61 heavy (non-hydrogen) atoms. The number of H-pyrrole nitrogens is 1. The highest BCUT2D eigenvalue weighted by Crippen LogP contribution is 2.32. The van der Waals surface area contributed by atoms with Crippen LogP contribution < -0.4 is 9.47 Å². The molecular weight excluding hydrogens is 913 g/mol. The smallest absolute Gasteiger partial charge is 0.406 e. The van der Waals surface area contributed by atoms with Crippen molar-refractivity contribution in [3.63, 3.8) is 0 Å². The van der Waals surface area contributed by atoms with E-state index >= 15 is 0 Å². The summed E-state index contributed by atoms with van der Waals surface area (Å²) in [6.45, 7) is 4.11. The SMILES string of the molecule is Cc1nc(-c2nc(-c3ccc(OC(F)(F)F)cc3)cs2)n[nH]1.Cc1nc(-c2nc(-c3ccc(OC(F)(F)F)cc3)cs2)nn1Cc1ccnc(Cl)c1.ClCc1ccnc(Cl)c1. The Morgan fingerprint density at radius 3 is 1.59 bits per heavy atom. The molecule has 1 N–H and O–H groups in total. The zero-order valence-electron chi connectivity index (χ0n) is 31.2. The number of alkyl halides is 7. The minimum absolute atomic E-state index is 0.267. The van der Waals surface area contributed by atoms with Gasteiger partial charge in [-0.3, -0.25) is 5.10 Å². The van der Waals surface area contributed by atoms with Gasteiger partial charge in [-0.25, -0.2) is 34.6 Å². The number of nitrogens with one attached hydrogen (secondary N) is 1. The molecule has 0 saturated heterocycles. The molecule has 8 aromatic rings. The molecule has 0 amide bonds. The van der Waals surface area contributed by atoms with E-state index in [2.05, 4.69) is 54.7 Å². The first-order valence-electron chi connectivity index (χ1n) is 17.2. The van der Waals surface area contributed by atoms with E-state index < -0.39 is 12.7 Å². The maximum absolute atomic E-state index is 12.3. The molecule has 8 rings (SSSR count). The number of hydrogen-bond donors (Lipinski definition) is 1. The fraction of sp³-hybridized carbons (Fsp3) is 0.158. The molecule has 0 saturated carbocycles. The second kappa shape index (κ2) is 19.8. The molecule has 0 aliphatic carbocycles. The van der Waals surface area contributed by atoms with Crippen molar-refractivity contribution in [2.24, 2.45) is 0 Å². The Morgan fingerprint density at radius 2 is 1.15 bits per heavy atom. The maximum atomic E-state index is 12.3. The predicted molar refractivity (Wildman–Crippen MR) is 219 cm³/mol. The highest BCUT2D eigenvalue weighted by atomic mass is 35.5. The molecule has 2 aromatic carbocycles. The summed E-state index contributed by atoms with van der Waals surface area (Å²) >= 11 is 19.7. The molecule has 6 heterocycles. The normalized spacial score (nSPS) is 11.3. The summed E-state index contributed by atoms with van der Waals surface area (Å²) in [4.78, 5) is 25.3. The number of halogens is 9. The zero-order chi connectivity index (χ0) is 43.7. The molecule has 6 aromatic heterocycles. The van der Waals surface area contributed by atoms with Crippen molar-refractivity contribution in [3.05, 3.63) is 129 Å². The molecule has 0 unspecified atom stereocenters. The molecule has 0 aliphatic heterocycles. The molecule has 0 atom stereocenters. The quantitative estimate of drug-likeness (QED) is 0.0844. The van der Waals surface area contributed by atoms with Crippen LogP contribution in [0.3, 0.4) is 0 Å². The van der Waals surface area contributed by atoms with E-state index in [4.69, 9.17) is 34.8 Å². The summed E-state index contributed by atoms with van der Waals surface area (Å²) in [6.07, 6.45) is -6.15. The van der Waals surface area contributed by atoms with Crippen LogP contribution in [0.1, 0.15) is 22.8 Å². The van der Waals surface area contributed by atoms with E-state index in [9.17, 15) is 26.3 Å². The topological polar surface area (TPSA) is 142 Å². The van der Waals surface area contributed by atoms with Crippen LogP contribution >= 0.6 is 57.5 Å². The van der Waals surface area contributed by atoms with Crippen LogP contribution in [-0.4, -0.2) is 62.6 Å². The summed E-state index contributed by atoms with van der Waals surface area (Å²) in [5.41, 5.74) is 4.54. The van der Waals surface area contributed by atoms with Crippen molar-refractivity contribution in [1.29, 1.82) is 0 Å². The van der Waals surface area contributed by atoms with Gasteiger partial charge in [0.15, 0.2) is 10.0 Å². The Kier molecular flexibility index (Phi) is 14.6. The van der Waals surface area contributed by atoms with E-state index in [1.807, 2.05) is 19.1 Å². The number of aryl methyl sites for hydroxylation is 2. The summed E-state index contributed by atoms with van der Waals surface area (Å²) in [7, 11) is 0. The number of hydrogen-bond acceptors (Lipinski definition) is 12. The lowest BCUT2D eigenvalue weighted by Crippen LogP contribution is -2.16. The van der Waals surface area contributed by atoms with Crippen LogP contribution in [0.15, 0.2) is 96.0 Å². The van der Waals surface area contributed by atoms with E-state index in [-0.39, 0.29) is 11.5 Å². The summed E-state index contributed by atoms with van der Waals surface area (Å²) < 4.78 is 82.6. The molecule has 23 heteroatoms. The highest BCUT2D eigenvalue weighted by Gasteiger charge is 2.31. The number of pyridine rings is 2. The van der Waals surface area contributed by atoms with Gasteiger partial charge in [0.2, 0.25) is 11.6 Å². The van der Waals surface area contributed by atoms with Gasteiger partial charge < -0.3 is 9.47 Å². The van der Waals surface area contributed by atoms with Crippen LogP contribution in [0.25, 0.3) is 44.2 Å². The molecule has 0 fully saturated rings. The average molecular weight is 940 g/mol. The largest absolute Gasteiger partial charge is 0.573 e. The first-order chi connectivity index (χ1) is 29.0. The standard InChI is InChI=1S/C19H13ClF3N5OS.C13H9F3N4OS.C6H5Cl2N/c1-11-25-17(27-28(11)9-12-6-7-24-16(20)8-12)18-26-15(10-30-18)13-2-4-14(5-3-13)29-19(21,22)23;1-7-17-11(20-19-7)12-18-10(6-22-12)8-2-4-9(5-3-8)21-13(14,15)16;7-4-5-1-2-9-6(8)3-5/h2-8,10H,9H2,1H3;2-6H,1H3,(H,17,19,20);1-3H,4H2. The first kappa shape index (κ1) is 44.9. The summed E-state index contributed by atoms with van der Waals surface area (Å²) in [5.74, 6) is 2.29. The third kappa shape index (κ3) is 13.4. The van der Waals surface area contributed by atoms with Crippen molar-refractivity contribution >= 4 is 57.5 Å². The van der Waals surface area contributed by atoms with E-state index in [1.165, 1.54) is 71.2 Å². The molecule has 316 valence electrons. The van der Waals surface area contributed by atoms with Gasteiger partial charge in [-0.2, -0.15) is 5.10 Å². The third-order valence-electron chi connectivity index (χ3n) is 7.68. The van der Waals surface area contributed by atoms with E-state index in [1.54, 1.807) is 46.9 Å². The number of ether oxygens (including phenoxy) is 2. The van der Waals surface area contributed by atoms with Crippen molar-refractivity contribution in [1.82, 2.24) is 49.9 Å². The molecule has 0 bridgehead atoms. The van der Waals surface area contributed by atoms with E-state index in [0.29, 0.717) is 78.6 Å². The van der Waals surface area contributed by atoms with Gasteiger partial charge >= 0.3 is 12.7 Å². The average Bonchev–Trinajstić information content (AvgIpc) is 4.03. The Morgan fingerprint density at radius 1 is 0.656 bits per heavy atom. The highest BCUT2D eigenvalue weighted by molar-refractivity contribution is 7.13. The first-order valence-corrected chi connectivity index (χ1v) is 20.3. The number of nitrogens with zero attached hydrogens (tertiary/aromatic N) is 9. The molecule has 0 aliphatic rings. The second-order valence-electron chi connectivity index (χ2n) is 12.2. The lowest BCUT2D eigenvalue weighted by Gasteiger charge is -2.08. The number of benzene rings is 2. The van der Waals surface area contributed by atoms with Crippen molar-refractivity contribution in [2.45, 2.75) is 39.0 Å². The molecule has 0 spiro atoms. The van der Waals surface area contributed by atoms with Crippen molar-refractivity contribution in [3.8, 4) is 55.7 Å². The number of aromatic amines is 1. The molecule has 0 radical (unpaired) electrons. The monoisotopic (exact) mass is 938 g/mol. The minimum atomic E-state index is -4.72. The number of thiazole rings is 2. The van der Waals surface area contributed by atoms with E-state index in [0.717, 1.165) is 11.1 Å². The van der Waals surface area contributed by atoms with Gasteiger partial charge in [0.1, 0.15) is 33.5 Å². The van der Waals surface area contributed by atoms with Crippen LogP contribution in [0, 0.1) is 13.8 Å². The number of rotatable bonds is 9. The Bertz CT molecular complexity index is 2670. The Hall–Kier alpha value is -5.67. The van der Waals surface area contributed by atoms with Gasteiger partial charge in [-0.1, -0.05) is 23.2 Å².